The van der Waals surface area contributed by atoms with Gasteiger partial charge in [0.2, 0.25) is 0 Å². The average molecular weight is 207 g/mol. The summed E-state index contributed by atoms with van der Waals surface area (Å²) in [5.41, 5.74) is 5.03. The minimum absolute atomic E-state index is 0.0171. The van der Waals surface area contributed by atoms with Crippen LogP contribution >= 0.6 is 0 Å². The van der Waals surface area contributed by atoms with Crippen molar-refractivity contribution in [3.8, 4) is 0 Å². The van der Waals surface area contributed by atoms with Crippen LogP contribution in [0.2, 0.25) is 0 Å². The van der Waals surface area contributed by atoms with Crippen molar-refractivity contribution < 1.29 is 8.42 Å². The van der Waals surface area contributed by atoms with E-state index in [1.165, 1.54) is 0 Å². The van der Waals surface area contributed by atoms with Crippen LogP contribution in [0.15, 0.2) is 0 Å². The summed E-state index contributed by atoms with van der Waals surface area (Å²) in [7, 11) is -3.39. The zero-order chi connectivity index (χ0) is 10.3. The Morgan fingerprint density at radius 3 is 2.15 bits per heavy atom. The molecule has 1 saturated carbocycles. The molecule has 1 fully saturated rings. The Morgan fingerprint density at radius 1 is 1.38 bits per heavy atom. The van der Waals surface area contributed by atoms with Crippen LogP contribution in [-0.4, -0.2) is 26.0 Å². The van der Waals surface area contributed by atoms with E-state index in [2.05, 4.69) is 9.44 Å². The largest absolute Gasteiger partial charge is 0.326 e. The molecule has 0 amide bonds. The smallest absolute Gasteiger partial charge is 0.277 e. The predicted molar refractivity (Wildman–Crippen MR) is 51.3 cm³/mol. The van der Waals surface area contributed by atoms with Crippen LogP contribution in [-0.2, 0) is 10.2 Å². The molecule has 4 N–H and O–H groups in total. The van der Waals surface area contributed by atoms with Gasteiger partial charge in [-0.15, -0.1) is 0 Å². The minimum Gasteiger partial charge on any atom is -0.326 e. The first-order valence-corrected chi connectivity index (χ1v) is 5.75. The Morgan fingerprint density at radius 2 is 1.85 bits per heavy atom. The summed E-state index contributed by atoms with van der Waals surface area (Å²) in [6, 6.07) is -0.101. The monoisotopic (exact) mass is 207 g/mol. The highest BCUT2D eigenvalue weighted by molar-refractivity contribution is 7.87. The van der Waals surface area contributed by atoms with Crippen LogP contribution < -0.4 is 15.2 Å². The van der Waals surface area contributed by atoms with E-state index in [1.807, 2.05) is 0 Å². The lowest BCUT2D eigenvalue weighted by Gasteiger charge is -2.20. The van der Waals surface area contributed by atoms with Gasteiger partial charge >= 0.3 is 0 Å². The molecule has 0 aromatic rings. The Labute approximate surface area is 79.3 Å². The van der Waals surface area contributed by atoms with Crippen molar-refractivity contribution in [2.45, 2.75) is 44.8 Å². The Balaban J connectivity index is 2.47. The number of nitrogens with two attached hydrogens (primary N) is 1. The van der Waals surface area contributed by atoms with Crippen LogP contribution in [0.3, 0.4) is 0 Å². The second-order valence-electron chi connectivity index (χ2n) is 4.48. The SMILES string of the molecule is CC(C)(C)NS(=O)(=O)NC1CC1N. The lowest BCUT2D eigenvalue weighted by Crippen LogP contribution is -2.48. The molecule has 0 saturated heterocycles. The van der Waals surface area contributed by atoms with Gasteiger partial charge in [-0.25, -0.2) is 0 Å². The highest BCUT2D eigenvalue weighted by Gasteiger charge is 2.37. The lowest BCUT2D eigenvalue weighted by molar-refractivity contribution is 0.483. The van der Waals surface area contributed by atoms with Gasteiger partial charge in [0.05, 0.1) is 0 Å². The molecule has 1 aliphatic carbocycles. The van der Waals surface area contributed by atoms with Crippen molar-refractivity contribution in [2.24, 2.45) is 5.73 Å². The zero-order valence-electron chi connectivity index (χ0n) is 8.16. The third-order valence-corrected chi connectivity index (χ3v) is 3.08. The molecular weight excluding hydrogens is 190 g/mol. The van der Waals surface area contributed by atoms with Crippen molar-refractivity contribution >= 4 is 10.2 Å². The molecule has 2 unspecified atom stereocenters. The summed E-state index contributed by atoms with van der Waals surface area (Å²) in [6.45, 7) is 5.37. The number of hydrogen-bond acceptors (Lipinski definition) is 3. The summed E-state index contributed by atoms with van der Waals surface area (Å²) in [5.74, 6) is 0. The number of rotatable bonds is 3. The third-order valence-electron chi connectivity index (χ3n) is 1.59. The lowest BCUT2D eigenvalue weighted by atomic mass is 10.1. The molecule has 78 valence electrons. The number of nitrogens with one attached hydrogen (secondary N) is 2. The fraction of sp³-hybridized carbons (Fsp3) is 1.00. The fourth-order valence-electron chi connectivity index (χ4n) is 0.982. The predicted octanol–water partition coefficient (Wildman–Crippen LogP) is -0.691. The van der Waals surface area contributed by atoms with Gasteiger partial charge in [-0.05, 0) is 27.2 Å². The van der Waals surface area contributed by atoms with Gasteiger partial charge in [-0.1, -0.05) is 0 Å². The standard InChI is InChI=1S/C7H17N3O2S/c1-7(2,3)10-13(11,12)9-6-4-5(6)8/h5-6,9-10H,4,8H2,1-3H3. The van der Waals surface area contributed by atoms with Crippen LogP contribution in [0, 0.1) is 0 Å². The van der Waals surface area contributed by atoms with Crippen molar-refractivity contribution in [2.75, 3.05) is 0 Å². The van der Waals surface area contributed by atoms with Crippen LogP contribution in [0.1, 0.15) is 27.2 Å². The molecule has 0 heterocycles. The minimum atomic E-state index is -3.39. The third kappa shape index (κ3) is 4.04. The summed E-state index contributed by atoms with van der Waals surface area (Å²) >= 11 is 0. The van der Waals surface area contributed by atoms with Gasteiger partial charge in [-0.2, -0.15) is 17.9 Å². The van der Waals surface area contributed by atoms with Crippen molar-refractivity contribution in [1.29, 1.82) is 0 Å². The Kier molecular flexibility index (Phi) is 2.68. The van der Waals surface area contributed by atoms with E-state index < -0.39 is 15.7 Å². The van der Waals surface area contributed by atoms with E-state index in [0.29, 0.717) is 0 Å². The highest BCUT2D eigenvalue weighted by atomic mass is 32.2. The van der Waals surface area contributed by atoms with Crippen LogP contribution in [0.25, 0.3) is 0 Å². The summed E-state index contributed by atoms with van der Waals surface area (Å²) in [5, 5.41) is 0. The van der Waals surface area contributed by atoms with Gasteiger partial charge in [-0.3, -0.25) is 0 Å². The molecule has 0 radical (unpaired) electrons. The van der Waals surface area contributed by atoms with Crippen LogP contribution in [0.5, 0.6) is 0 Å². The van der Waals surface area contributed by atoms with Crippen molar-refractivity contribution in [1.82, 2.24) is 9.44 Å². The van der Waals surface area contributed by atoms with Crippen LogP contribution in [0.4, 0.5) is 0 Å². The maximum Gasteiger partial charge on any atom is 0.277 e. The van der Waals surface area contributed by atoms with E-state index in [-0.39, 0.29) is 12.1 Å². The Bertz CT molecular complexity index is 281. The second kappa shape index (κ2) is 3.20. The molecular formula is C7H17N3O2S. The summed E-state index contributed by atoms with van der Waals surface area (Å²) < 4.78 is 27.7. The molecule has 0 spiro atoms. The van der Waals surface area contributed by atoms with Gasteiger partial charge in [0.15, 0.2) is 0 Å². The van der Waals surface area contributed by atoms with Gasteiger partial charge < -0.3 is 5.73 Å². The normalized spacial score (nSPS) is 28.9. The van der Waals surface area contributed by atoms with Gasteiger partial charge in [0, 0.05) is 17.6 Å². The molecule has 0 aromatic carbocycles. The topological polar surface area (TPSA) is 84.2 Å². The molecule has 1 aliphatic rings. The molecule has 5 nitrogen and oxygen atoms in total. The molecule has 6 heteroatoms. The Hall–Kier alpha value is -0.170. The van der Waals surface area contributed by atoms with Crippen molar-refractivity contribution in [3.63, 3.8) is 0 Å². The zero-order valence-corrected chi connectivity index (χ0v) is 8.98. The fourth-order valence-corrected chi connectivity index (χ4v) is 2.52. The van der Waals surface area contributed by atoms with E-state index in [1.54, 1.807) is 20.8 Å². The maximum absolute atomic E-state index is 11.4. The first-order chi connectivity index (χ1) is 5.70. The maximum atomic E-state index is 11.4. The molecule has 2 atom stereocenters. The quantitative estimate of drug-likeness (QED) is 0.572. The van der Waals surface area contributed by atoms with Crippen molar-refractivity contribution in [3.05, 3.63) is 0 Å². The molecule has 1 rings (SSSR count). The molecule has 0 aromatic heterocycles. The number of hydrogen-bond donors (Lipinski definition) is 3. The first kappa shape index (κ1) is 10.9. The first-order valence-electron chi connectivity index (χ1n) is 4.26. The van der Waals surface area contributed by atoms with E-state index >= 15 is 0 Å². The van der Waals surface area contributed by atoms with E-state index in [4.69, 9.17) is 5.73 Å². The van der Waals surface area contributed by atoms with Gasteiger partial charge in [0.25, 0.3) is 10.2 Å². The molecule has 13 heavy (non-hydrogen) atoms. The van der Waals surface area contributed by atoms with E-state index in [0.717, 1.165) is 6.42 Å². The molecule has 0 aliphatic heterocycles. The molecule has 0 bridgehead atoms. The highest BCUT2D eigenvalue weighted by Crippen LogP contribution is 2.18. The summed E-state index contributed by atoms with van der Waals surface area (Å²) in [4.78, 5) is 0. The van der Waals surface area contributed by atoms with Gasteiger partial charge in [0.1, 0.15) is 0 Å². The summed E-state index contributed by atoms with van der Waals surface area (Å²) in [6.07, 6.45) is 0.727. The average Bonchev–Trinajstić information content (AvgIpc) is 2.36. The second-order valence-corrected chi connectivity index (χ2v) is 5.93. The van der Waals surface area contributed by atoms with E-state index in [9.17, 15) is 8.42 Å².